The van der Waals surface area contributed by atoms with Gasteiger partial charge in [-0.05, 0) is 89.4 Å². The molecule has 3 heterocycles. The Hall–Kier alpha value is -1.08. The highest BCUT2D eigenvalue weighted by Gasteiger charge is 2.52. The van der Waals surface area contributed by atoms with Crippen LogP contribution in [-0.4, -0.2) is 131 Å². The maximum atomic E-state index is 6.72. The number of piperazine rings is 2. The molecule has 268 valence electrons. The Labute approximate surface area is 308 Å². The fourth-order valence-corrected chi connectivity index (χ4v) is 7.44. The quantitative estimate of drug-likeness (QED) is 0.254. The van der Waals surface area contributed by atoms with Crippen LogP contribution in [0.1, 0.15) is 52.7 Å². The van der Waals surface area contributed by atoms with Gasteiger partial charge in [-0.1, -0.05) is 59.0 Å². The lowest BCUT2D eigenvalue weighted by Crippen LogP contribution is -2.45. The van der Waals surface area contributed by atoms with Crippen LogP contribution in [-0.2, 0) is 22.2 Å². The first-order chi connectivity index (χ1) is 22.8. The summed E-state index contributed by atoms with van der Waals surface area (Å²) >= 11 is 16.6. The number of nitrogens with zero attached hydrogens (tertiary/aromatic N) is 4. The van der Waals surface area contributed by atoms with E-state index in [4.69, 9.17) is 42.0 Å². The zero-order valence-electron chi connectivity index (χ0n) is 30.3. The van der Waals surface area contributed by atoms with Crippen molar-refractivity contribution in [1.29, 1.82) is 0 Å². The Morgan fingerprint density at radius 2 is 1.10 bits per heavy atom. The fraction of sp³-hybridized carbons (Fsp3) is 0.667. The molecular formula is C36H56BBrCl2N4O4. The van der Waals surface area contributed by atoms with E-state index in [0.29, 0.717) is 18.2 Å². The van der Waals surface area contributed by atoms with Crippen molar-refractivity contribution in [2.45, 2.75) is 65.6 Å². The zero-order valence-corrected chi connectivity index (χ0v) is 33.4. The Balaban J connectivity index is 0.000000229. The minimum atomic E-state index is -0.406. The monoisotopic (exact) mass is 768 g/mol. The normalized spacial score (nSPS) is 20.4. The summed E-state index contributed by atoms with van der Waals surface area (Å²) in [4.78, 5) is 9.59. The number of hydrogen-bond donors (Lipinski definition) is 0. The fourth-order valence-electron chi connectivity index (χ4n) is 6.00. The average Bonchev–Trinajstić information content (AvgIpc) is 3.27. The lowest BCUT2D eigenvalue weighted by Gasteiger charge is -2.32. The zero-order chi connectivity index (χ0) is 35.1. The molecule has 3 fully saturated rings. The molecule has 0 aromatic heterocycles. The Morgan fingerprint density at radius 3 is 1.54 bits per heavy atom. The summed E-state index contributed by atoms with van der Waals surface area (Å²) in [6.45, 7) is 24.6. The third-order valence-corrected chi connectivity index (χ3v) is 11.7. The molecule has 12 heteroatoms. The van der Waals surface area contributed by atoms with Crippen LogP contribution in [0.25, 0.3) is 0 Å². The summed E-state index contributed by atoms with van der Waals surface area (Å²) in [5.74, 6) is 1.54. The molecule has 0 unspecified atom stereocenters. The number of halogens is 3. The van der Waals surface area contributed by atoms with E-state index < -0.39 is 7.12 Å². The van der Waals surface area contributed by atoms with Crippen LogP contribution in [0.4, 0.5) is 0 Å². The van der Waals surface area contributed by atoms with E-state index in [0.717, 1.165) is 116 Å². The highest BCUT2D eigenvalue weighted by Crippen LogP contribution is 2.38. The predicted molar refractivity (Wildman–Crippen MR) is 204 cm³/mol. The Morgan fingerprint density at radius 1 is 0.688 bits per heavy atom. The third-order valence-electron chi connectivity index (χ3n) is 10.1. The molecule has 0 aliphatic carbocycles. The van der Waals surface area contributed by atoms with Crippen LogP contribution in [0.15, 0.2) is 28.7 Å². The highest BCUT2D eigenvalue weighted by atomic mass is 79.9. The summed E-state index contributed by atoms with van der Waals surface area (Å²) in [6, 6.07) is 7.94. The van der Waals surface area contributed by atoms with Gasteiger partial charge in [-0.15, -0.1) is 0 Å². The van der Waals surface area contributed by atoms with E-state index in [-0.39, 0.29) is 11.2 Å². The molecule has 3 aliphatic rings. The van der Waals surface area contributed by atoms with Crippen LogP contribution in [0.2, 0.25) is 10.0 Å². The standard InChI is InChI=1S/C21H34BClN2O3.C15H22BrClN2O/c1-7-16-17(22-27-20(2,3)21(4,5)28-22)8-9-18(19(16)23)26-15-14-25-12-10-24(6)11-13-25;1-3-12-13(16)4-5-14(15(12)17)20-11-10-19-8-6-18(2)7-9-19/h8-9H,7,10-15H2,1-6H3;4-5H,3,6-11H2,1-2H3. The van der Waals surface area contributed by atoms with E-state index in [1.165, 1.54) is 0 Å². The molecule has 0 N–H and O–H groups in total. The van der Waals surface area contributed by atoms with Gasteiger partial charge in [-0.3, -0.25) is 9.80 Å². The largest absolute Gasteiger partial charge is 0.495 e. The van der Waals surface area contributed by atoms with Gasteiger partial charge in [0.1, 0.15) is 24.7 Å². The molecule has 48 heavy (non-hydrogen) atoms. The minimum absolute atomic E-state index is 0.368. The molecule has 0 spiro atoms. The van der Waals surface area contributed by atoms with Gasteiger partial charge in [0.15, 0.2) is 0 Å². The number of ether oxygens (including phenoxy) is 2. The van der Waals surface area contributed by atoms with Crippen molar-refractivity contribution in [1.82, 2.24) is 19.6 Å². The SMILES string of the molecule is CCc1c(B2OC(C)(C)C(C)(C)O2)ccc(OCCN2CCN(C)CC2)c1Cl.CCc1c(Br)ccc(OCCN2CCN(C)CC2)c1Cl. The first kappa shape index (κ1) is 39.7. The molecule has 2 aromatic rings. The second-order valence-corrected chi connectivity index (χ2v) is 15.7. The van der Waals surface area contributed by atoms with Gasteiger partial charge < -0.3 is 28.6 Å². The van der Waals surface area contributed by atoms with Crippen LogP contribution in [0, 0.1) is 0 Å². The van der Waals surface area contributed by atoms with Gasteiger partial charge in [0.05, 0.1) is 21.2 Å². The molecule has 0 saturated carbocycles. The topological polar surface area (TPSA) is 49.9 Å². The van der Waals surface area contributed by atoms with Crippen molar-refractivity contribution < 1.29 is 18.8 Å². The molecule has 5 rings (SSSR count). The van der Waals surface area contributed by atoms with Crippen molar-refractivity contribution in [3.05, 3.63) is 49.9 Å². The second-order valence-electron chi connectivity index (χ2n) is 14.1. The lowest BCUT2D eigenvalue weighted by atomic mass is 9.75. The average molecular weight is 770 g/mol. The van der Waals surface area contributed by atoms with Gasteiger partial charge in [0.2, 0.25) is 0 Å². The number of likely N-dealkylation sites (N-methyl/N-ethyl adjacent to an activating group) is 2. The van der Waals surface area contributed by atoms with Crippen LogP contribution in [0.3, 0.4) is 0 Å². The smallest absolute Gasteiger partial charge is 0.491 e. The minimum Gasteiger partial charge on any atom is -0.491 e. The summed E-state index contributed by atoms with van der Waals surface area (Å²) in [7, 11) is 3.93. The summed E-state index contributed by atoms with van der Waals surface area (Å²) in [5.41, 5.74) is 2.42. The first-order valence-corrected chi connectivity index (χ1v) is 19.0. The van der Waals surface area contributed by atoms with Crippen LogP contribution < -0.4 is 14.9 Å². The summed E-state index contributed by atoms with van der Waals surface area (Å²) in [5, 5.41) is 1.41. The molecule has 3 aliphatic heterocycles. The van der Waals surface area contributed by atoms with Gasteiger partial charge >= 0.3 is 7.12 Å². The molecule has 2 aromatic carbocycles. The summed E-state index contributed by atoms with van der Waals surface area (Å²) in [6.07, 6.45) is 1.70. The Bertz CT molecular complexity index is 1320. The second kappa shape index (κ2) is 17.9. The molecular weight excluding hydrogens is 714 g/mol. The van der Waals surface area contributed by atoms with E-state index in [1.807, 2.05) is 24.3 Å². The van der Waals surface area contributed by atoms with Gasteiger partial charge in [-0.2, -0.15) is 0 Å². The summed E-state index contributed by atoms with van der Waals surface area (Å²) < 4.78 is 25.4. The number of rotatable bonds is 11. The molecule has 8 nitrogen and oxygen atoms in total. The predicted octanol–water partition coefficient (Wildman–Crippen LogP) is 6.12. The van der Waals surface area contributed by atoms with Crippen molar-refractivity contribution in [2.75, 3.05) is 92.8 Å². The van der Waals surface area contributed by atoms with E-state index >= 15 is 0 Å². The number of benzene rings is 2. The molecule has 0 atom stereocenters. The van der Waals surface area contributed by atoms with Gasteiger partial charge in [-0.25, -0.2) is 0 Å². The number of hydrogen-bond acceptors (Lipinski definition) is 8. The lowest BCUT2D eigenvalue weighted by molar-refractivity contribution is 0.00578. The molecule has 3 saturated heterocycles. The van der Waals surface area contributed by atoms with Gasteiger partial charge in [0, 0.05) is 69.9 Å². The third kappa shape index (κ3) is 10.3. The van der Waals surface area contributed by atoms with Crippen molar-refractivity contribution in [3.63, 3.8) is 0 Å². The molecule has 0 radical (unpaired) electrons. The van der Waals surface area contributed by atoms with Crippen molar-refractivity contribution in [3.8, 4) is 11.5 Å². The van der Waals surface area contributed by atoms with Crippen LogP contribution in [0.5, 0.6) is 11.5 Å². The van der Waals surface area contributed by atoms with E-state index in [1.54, 1.807) is 0 Å². The van der Waals surface area contributed by atoms with E-state index in [9.17, 15) is 0 Å². The highest BCUT2D eigenvalue weighted by molar-refractivity contribution is 9.10. The maximum absolute atomic E-state index is 6.72. The van der Waals surface area contributed by atoms with Crippen molar-refractivity contribution in [2.24, 2.45) is 0 Å². The first-order valence-electron chi connectivity index (χ1n) is 17.5. The van der Waals surface area contributed by atoms with E-state index in [2.05, 4.69) is 91.2 Å². The van der Waals surface area contributed by atoms with Gasteiger partial charge in [0.25, 0.3) is 0 Å². The molecule has 0 amide bonds. The molecule has 0 bridgehead atoms. The van der Waals surface area contributed by atoms with Crippen LogP contribution >= 0.6 is 39.1 Å². The maximum Gasteiger partial charge on any atom is 0.495 e. The Kier molecular flexibility index (Phi) is 14.8. The van der Waals surface area contributed by atoms with Crippen molar-refractivity contribution >= 4 is 51.7 Å².